The highest BCUT2D eigenvalue weighted by Gasteiger charge is 2.18. The van der Waals surface area contributed by atoms with Crippen LogP contribution in [0, 0.1) is 3.57 Å². The average Bonchev–Trinajstić information content (AvgIpc) is 2.56. The lowest BCUT2D eigenvalue weighted by Crippen LogP contribution is -2.14. The summed E-state index contributed by atoms with van der Waals surface area (Å²) < 4.78 is 6.82. The van der Waals surface area contributed by atoms with Gasteiger partial charge in [0.05, 0.1) is 9.67 Å². The van der Waals surface area contributed by atoms with Gasteiger partial charge in [-0.2, -0.15) is 0 Å². The van der Waals surface area contributed by atoms with E-state index in [2.05, 4.69) is 22.6 Å². The van der Waals surface area contributed by atoms with E-state index in [1.165, 1.54) is 0 Å². The minimum absolute atomic E-state index is 0.0147. The summed E-state index contributed by atoms with van der Waals surface area (Å²) in [6, 6.07) is 7.88. The molecule has 1 N–H and O–H groups in total. The molecule has 1 aliphatic carbocycles. The zero-order valence-electron chi connectivity index (χ0n) is 7.56. The Bertz CT molecular complexity index is 349. The first kappa shape index (κ1) is 9.98. The predicted molar refractivity (Wildman–Crippen MR) is 63.3 cm³/mol. The number of aliphatic hydroxyl groups excluding tert-OH is 1. The van der Waals surface area contributed by atoms with Gasteiger partial charge in [-0.15, -0.1) is 0 Å². The first-order chi connectivity index (χ1) is 6.75. The monoisotopic (exact) mass is 302 g/mol. The average molecular weight is 302 g/mol. The Morgan fingerprint density at radius 2 is 2.07 bits per heavy atom. The van der Waals surface area contributed by atoms with Crippen LogP contribution < -0.4 is 4.74 Å². The van der Waals surface area contributed by atoms with Crippen LogP contribution in [0.2, 0.25) is 0 Å². The highest BCUT2D eigenvalue weighted by molar-refractivity contribution is 14.1. The number of ether oxygens (including phenoxy) is 1. The third-order valence-electron chi connectivity index (χ3n) is 2.14. The largest absolute Gasteiger partial charge is 0.485 e. The summed E-state index contributed by atoms with van der Waals surface area (Å²) in [4.78, 5) is 0. The quantitative estimate of drug-likeness (QED) is 0.671. The van der Waals surface area contributed by atoms with E-state index in [4.69, 9.17) is 4.74 Å². The van der Waals surface area contributed by atoms with E-state index in [9.17, 15) is 5.11 Å². The zero-order valence-corrected chi connectivity index (χ0v) is 9.72. The molecule has 0 spiro atoms. The summed E-state index contributed by atoms with van der Waals surface area (Å²) in [5, 5.41) is 9.28. The van der Waals surface area contributed by atoms with Crippen molar-refractivity contribution >= 4 is 22.6 Å². The molecule has 1 aromatic rings. The van der Waals surface area contributed by atoms with E-state index in [1.807, 2.05) is 30.3 Å². The van der Waals surface area contributed by atoms with Crippen molar-refractivity contribution in [2.75, 3.05) is 0 Å². The molecular formula is C11H11IO2. The van der Waals surface area contributed by atoms with Gasteiger partial charge in [-0.05, 0) is 40.8 Å². The fraction of sp³-hybridized carbons (Fsp3) is 0.273. The van der Waals surface area contributed by atoms with Crippen LogP contribution in [0.25, 0.3) is 0 Å². The molecule has 0 aromatic heterocycles. The van der Waals surface area contributed by atoms with E-state index in [-0.39, 0.29) is 12.2 Å². The van der Waals surface area contributed by atoms with E-state index < -0.39 is 0 Å². The van der Waals surface area contributed by atoms with Crippen LogP contribution in [0.15, 0.2) is 36.4 Å². The number of benzene rings is 1. The molecule has 0 unspecified atom stereocenters. The molecule has 0 aliphatic heterocycles. The molecule has 1 aliphatic rings. The van der Waals surface area contributed by atoms with Crippen molar-refractivity contribution in [2.45, 2.75) is 18.6 Å². The van der Waals surface area contributed by atoms with Gasteiger partial charge in [0.2, 0.25) is 0 Å². The summed E-state index contributed by atoms with van der Waals surface area (Å²) in [5.74, 6) is 0.886. The van der Waals surface area contributed by atoms with Crippen LogP contribution in [-0.4, -0.2) is 17.3 Å². The molecule has 74 valence electrons. The minimum Gasteiger partial charge on any atom is -0.485 e. The maximum absolute atomic E-state index is 9.28. The molecule has 0 amide bonds. The van der Waals surface area contributed by atoms with Crippen LogP contribution >= 0.6 is 22.6 Å². The van der Waals surface area contributed by atoms with Crippen molar-refractivity contribution in [3.8, 4) is 5.75 Å². The van der Waals surface area contributed by atoms with Gasteiger partial charge in [-0.1, -0.05) is 18.2 Å². The van der Waals surface area contributed by atoms with Crippen LogP contribution in [0.1, 0.15) is 6.42 Å². The van der Waals surface area contributed by atoms with Gasteiger partial charge in [0.15, 0.2) is 0 Å². The molecular weight excluding hydrogens is 291 g/mol. The van der Waals surface area contributed by atoms with Crippen LogP contribution in [0.3, 0.4) is 0 Å². The molecule has 2 rings (SSSR count). The molecule has 0 saturated carbocycles. The molecule has 0 bridgehead atoms. The Balaban J connectivity index is 2.05. The number of para-hydroxylation sites is 1. The predicted octanol–water partition coefficient (Wildman–Crippen LogP) is 2.36. The van der Waals surface area contributed by atoms with E-state index in [0.717, 1.165) is 9.32 Å². The third-order valence-corrected chi connectivity index (χ3v) is 3.03. The summed E-state index contributed by atoms with van der Waals surface area (Å²) in [6.07, 6.45) is 4.02. The number of halogens is 1. The van der Waals surface area contributed by atoms with Crippen molar-refractivity contribution in [1.82, 2.24) is 0 Å². The summed E-state index contributed by atoms with van der Waals surface area (Å²) in [5.41, 5.74) is 0. The smallest absolute Gasteiger partial charge is 0.133 e. The van der Waals surface area contributed by atoms with Gasteiger partial charge < -0.3 is 9.84 Å². The lowest BCUT2D eigenvalue weighted by atomic mass is 10.3. The molecule has 14 heavy (non-hydrogen) atoms. The number of hydrogen-bond donors (Lipinski definition) is 1. The topological polar surface area (TPSA) is 29.5 Å². The van der Waals surface area contributed by atoms with Gasteiger partial charge >= 0.3 is 0 Å². The van der Waals surface area contributed by atoms with Crippen molar-refractivity contribution < 1.29 is 9.84 Å². The Kier molecular flexibility index (Phi) is 3.08. The molecule has 1 aromatic carbocycles. The number of aliphatic hydroxyl groups is 1. The van der Waals surface area contributed by atoms with Gasteiger partial charge in [-0.3, -0.25) is 0 Å². The molecule has 2 atom stereocenters. The van der Waals surface area contributed by atoms with Gasteiger partial charge in [0.25, 0.3) is 0 Å². The normalized spacial score (nSPS) is 25.3. The van der Waals surface area contributed by atoms with Gasteiger partial charge in [0, 0.05) is 6.42 Å². The summed E-state index contributed by atoms with van der Waals surface area (Å²) >= 11 is 2.24. The number of hydrogen-bond acceptors (Lipinski definition) is 2. The Morgan fingerprint density at radius 3 is 2.71 bits per heavy atom. The molecule has 0 fully saturated rings. The highest BCUT2D eigenvalue weighted by Crippen LogP contribution is 2.24. The highest BCUT2D eigenvalue weighted by atomic mass is 127. The zero-order chi connectivity index (χ0) is 9.97. The van der Waals surface area contributed by atoms with Crippen LogP contribution in [0.4, 0.5) is 0 Å². The minimum atomic E-state index is -0.346. The lowest BCUT2D eigenvalue weighted by molar-refractivity contribution is 0.164. The second-order valence-corrected chi connectivity index (χ2v) is 4.44. The Morgan fingerprint density at radius 1 is 1.29 bits per heavy atom. The maximum Gasteiger partial charge on any atom is 0.133 e. The lowest BCUT2D eigenvalue weighted by Gasteiger charge is -2.13. The molecule has 3 heteroatoms. The van der Waals surface area contributed by atoms with Crippen molar-refractivity contribution in [1.29, 1.82) is 0 Å². The van der Waals surface area contributed by atoms with Crippen molar-refractivity contribution in [3.63, 3.8) is 0 Å². The van der Waals surface area contributed by atoms with E-state index in [1.54, 1.807) is 6.08 Å². The van der Waals surface area contributed by atoms with Gasteiger partial charge in [-0.25, -0.2) is 0 Å². The van der Waals surface area contributed by atoms with E-state index in [0.29, 0.717) is 6.42 Å². The Hall–Kier alpha value is -0.550. The fourth-order valence-electron chi connectivity index (χ4n) is 1.44. The Labute approximate surface area is 96.7 Å². The maximum atomic E-state index is 9.28. The molecule has 0 heterocycles. The molecule has 0 radical (unpaired) electrons. The summed E-state index contributed by atoms with van der Waals surface area (Å²) in [7, 11) is 0. The van der Waals surface area contributed by atoms with Crippen LogP contribution in [0.5, 0.6) is 5.75 Å². The molecule has 0 saturated heterocycles. The summed E-state index contributed by atoms with van der Waals surface area (Å²) in [6.45, 7) is 0. The second kappa shape index (κ2) is 4.31. The molecule has 2 nitrogen and oxygen atoms in total. The second-order valence-electron chi connectivity index (χ2n) is 3.27. The standard InChI is InChI=1S/C11H11IO2/c12-10-3-1-2-4-11(10)14-9-6-5-8(13)7-9/h1-6,8-9,13H,7H2/t8-,9+/m1/s1. The fourth-order valence-corrected chi connectivity index (χ4v) is 1.95. The first-order valence-electron chi connectivity index (χ1n) is 4.53. The first-order valence-corrected chi connectivity index (χ1v) is 5.61. The van der Waals surface area contributed by atoms with Crippen molar-refractivity contribution in [3.05, 3.63) is 40.0 Å². The SMILES string of the molecule is O[C@@H]1C=C[C@H](Oc2ccccc2I)C1. The third kappa shape index (κ3) is 2.27. The van der Waals surface area contributed by atoms with E-state index >= 15 is 0 Å². The van der Waals surface area contributed by atoms with Crippen LogP contribution in [-0.2, 0) is 0 Å². The number of rotatable bonds is 2. The van der Waals surface area contributed by atoms with Gasteiger partial charge in [0.1, 0.15) is 11.9 Å². The van der Waals surface area contributed by atoms with Crippen molar-refractivity contribution in [2.24, 2.45) is 0 Å².